The van der Waals surface area contributed by atoms with E-state index in [9.17, 15) is 4.79 Å². The fraction of sp³-hybridized carbons (Fsp3) is 0.167. The van der Waals surface area contributed by atoms with Gasteiger partial charge < -0.3 is 4.74 Å². The Balaban J connectivity index is 2.18. The molecular formula is C12H10N4O2. The van der Waals surface area contributed by atoms with Crippen LogP contribution in [0.5, 0.6) is 0 Å². The van der Waals surface area contributed by atoms with E-state index in [4.69, 9.17) is 4.74 Å². The Hall–Kier alpha value is -2.50. The van der Waals surface area contributed by atoms with Gasteiger partial charge in [-0.05, 0) is 6.07 Å². The second-order valence-electron chi connectivity index (χ2n) is 3.83. The molecule has 0 aliphatic carbocycles. The lowest BCUT2D eigenvalue weighted by molar-refractivity contribution is -0.142. The molecule has 0 saturated carbocycles. The van der Waals surface area contributed by atoms with Gasteiger partial charge in [0.05, 0.1) is 17.4 Å². The normalized spacial score (nSPS) is 10.9. The van der Waals surface area contributed by atoms with E-state index in [0.29, 0.717) is 5.69 Å². The Kier molecular flexibility index (Phi) is 2.40. The van der Waals surface area contributed by atoms with Crippen molar-refractivity contribution in [3.8, 4) is 0 Å². The first-order valence-electron chi connectivity index (χ1n) is 5.45. The van der Waals surface area contributed by atoms with Crippen molar-refractivity contribution in [3.63, 3.8) is 0 Å². The number of aromatic nitrogens is 4. The van der Waals surface area contributed by atoms with Gasteiger partial charge in [0.25, 0.3) is 0 Å². The third kappa shape index (κ3) is 1.67. The van der Waals surface area contributed by atoms with Crippen LogP contribution in [-0.4, -0.2) is 25.6 Å². The Morgan fingerprint density at radius 1 is 1.33 bits per heavy atom. The first-order valence-corrected chi connectivity index (χ1v) is 5.45. The summed E-state index contributed by atoms with van der Waals surface area (Å²) >= 11 is 0. The summed E-state index contributed by atoms with van der Waals surface area (Å²) < 4.78 is 6.70. The maximum Gasteiger partial charge on any atom is 0.303 e. The summed E-state index contributed by atoms with van der Waals surface area (Å²) in [5.74, 6) is -0.332. The largest absolute Gasteiger partial charge is 0.459 e. The molecule has 0 aromatic carbocycles. The minimum absolute atomic E-state index is 0.140. The number of carbonyl (C=O) groups excluding carboxylic acids is 1. The number of hydrogen-bond acceptors (Lipinski definition) is 5. The fourth-order valence-corrected chi connectivity index (χ4v) is 1.83. The maximum atomic E-state index is 10.8. The molecule has 6 heteroatoms. The van der Waals surface area contributed by atoms with E-state index in [1.807, 2.05) is 12.1 Å². The molecule has 0 amide bonds. The number of pyridine rings is 1. The molecule has 3 rings (SSSR count). The Labute approximate surface area is 102 Å². The average molecular weight is 242 g/mol. The third-order valence-corrected chi connectivity index (χ3v) is 2.64. The van der Waals surface area contributed by atoms with E-state index in [-0.39, 0.29) is 12.6 Å². The van der Waals surface area contributed by atoms with Crippen LogP contribution in [0.15, 0.2) is 30.7 Å². The van der Waals surface area contributed by atoms with Crippen molar-refractivity contribution in [1.82, 2.24) is 19.6 Å². The molecule has 0 aliphatic heterocycles. The third-order valence-electron chi connectivity index (χ3n) is 2.64. The second-order valence-corrected chi connectivity index (χ2v) is 3.83. The minimum atomic E-state index is -0.332. The molecule has 18 heavy (non-hydrogen) atoms. The average Bonchev–Trinajstić information content (AvgIpc) is 2.84. The lowest BCUT2D eigenvalue weighted by Crippen LogP contribution is -2.03. The summed E-state index contributed by atoms with van der Waals surface area (Å²) in [5, 5.41) is 5.03. The molecule has 90 valence electrons. The Morgan fingerprint density at radius 2 is 2.22 bits per heavy atom. The fourth-order valence-electron chi connectivity index (χ4n) is 1.83. The van der Waals surface area contributed by atoms with Crippen LogP contribution < -0.4 is 0 Å². The van der Waals surface area contributed by atoms with Crippen LogP contribution in [0.25, 0.3) is 16.6 Å². The van der Waals surface area contributed by atoms with Gasteiger partial charge in [-0.1, -0.05) is 0 Å². The molecule has 0 bridgehead atoms. The molecule has 3 heterocycles. The minimum Gasteiger partial charge on any atom is -0.459 e. The number of hydrogen-bond donors (Lipinski definition) is 0. The van der Waals surface area contributed by atoms with Gasteiger partial charge in [0.2, 0.25) is 0 Å². The number of rotatable bonds is 2. The zero-order valence-corrected chi connectivity index (χ0v) is 9.70. The van der Waals surface area contributed by atoms with Gasteiger partial charge >= 0.3 is 5.97 Å². The molecule has 0 spiro atoms. The lowest BCUT2D eigenvalue weighted by Gasteiger charge is -2.06. The Bertz CT molecular complexity index is 735. The maximum absolute atomic E-state index is 10.8. The lowest BCUT2D eigenvalue weighted by atomic mass is 10.2. The van der Waals surface area contributed by atoms with Crippen molar-refractivity contribution in [2.75, 3.05) is 0 Å². The number of ether oxygens (including phenoxy) is 1. The summed E-state index contributed by atoms with van der Waals surface area (Å²) in [4.78, 5) is 19.3. The molecule has 0 atom stereocenters. The molecular weight excluding hydrogens is 232 g/mol. The van der Waals surface area contributed by atoms with E-state index in [1.165, 1.54) is 6.92 Å². The summed E-state index contributed by atoms with van der Waals surface area (Å²) in [6.45, 7) is 1.51. The summed E-state index contributed by atoms with van der Waals surface area (Å²) in [5.41, 5.74) is 2.34. The SMILES string of the molecule is CC(=O)OCc1nccc2c1cnc1ccnn12. The van der Waals surface area contributed by atoms with Crippen LogP contribution in [-0.2, 0) is 16.1 Å². The summed E-state index contributed by atoms with van der Waals surface area (Å²) in [7, 11) is 0. The molecule has 0 fully saturated rings. The molecule has 6 nitrogen and oxygen atoms in total. The Morgan fingerprint density at radius 3 is 3.06 bits per heavy atom. The van der Waals surface area contributed by atoms with Crippen LogP contribution in [0.4, 0.5) is 0 Å². The highest BCUT2D eigenvalue weighted by Gasteiger charge is 2.08. The quantitative estimate of drug-likeness (QED) is 0.634. The predicted octanol–water partition coefficient (Wildman–Crippen LogP) is 1.34. The van der Waals surface area contributed by atoms with Gasteiger partial charge in [-0.3, -0.25) is 9.78 Å². The van der Waals surface area contributed by atoms with Crippen LogP contribution in [0.3, 0.4) is 0 Å². The van der Waals surface area contributed by atoms with E-state index >= 15 is 0 Å². The molecule has 0 radical (unpaired) electrons. The van der Waals surface area contributed by atoms with E-state index < -0.39 is 0 Å². The first kappa shape index (κ1) is 10.6. The van der Waals surface area contributed by atoms with Crippen molar-refractivity contribution in [2.45, 2.75) is 13.5 Å². The van der Waals surface area contributed by atoms with E-state index in [1.54, 1.807) is 23.1 Å². The van der Waals surface area contributed by atoms with Crippen molar-refractivity contribution in [3.05, 3.63) is 36.4 Å². The van der Waals surface area contributed by atoms with Crippen molar-refractivity contribution < 1.29 is 9.53 Å². The van der Waals surface area contributed by atoms with Gasteiger partial charge in [-0.25, -0.2) is 9.50 Å². The van der Waals surface area contributed by atoms with Gasteiger partial charge in [0, 0.05) is 30.8 Å². The predicted molar refractivity (Wildman–Crippen MR) is 63.8 cm³/mol. The van der Waals surface area contributed by atoms with Crippen LogP contribution in [0.1, 0.15) is 12.6 Å². The topological polar surface area (TPSA) is 69.4 Å². The highest BCUT2D eigenvalue weighted by Crippen LogP contribution is 2.17. The van der Waals surface area contributed by atoms with Gasteiger partial charge in [0.15, 0.2) is 5.65 Å². The van der Waals surface area contributed by atoms with Gasteiger partial charge in [0.1, 0.15) is 6.61 Å². The first-order chi connectivity index (χ1) is 8.75. The van der Waals surface area contributed by atoms with Crippen LogP contribution >= 0.6 is 0 Å². The van der Waals surface area contributed by atoms with Crippen LogP contribution in [0, 0.1) is 0 Å². The highest BCUT2D eigenvalue weighted by molar-refractivity contribution is 5.82. The van der Waals surface area contributed by atoms with Crippen molar-refractivity contribution >= 4 is 22.5 Å². The summed E-state index contributed by atoms with van der Waals surface area (Å²) in [6, 6.07) is 3.68. The smallest absolute Gasteiger partial charge is 0.303 e. The molecule has 0 saturated heterocycles. The molecule has 0 N–H and O–H groups in total. The monoisotopic (exact) mass is 242 g/mol. The van der Waals surface area contributed by atoms with Gasteiger partial charge in [-0.2, -0.15) is 5.10 Å². The second kappa shape index (κ2) is 4.06. The van der Waals surface area contributed by atoms with Crippen molar-refractivity contribution in [2.24, 2.45) is 0 Å². The molecule has 3 aromatic heterocycles. The van der Waals surface area contributed by atoms with E-state index in [0.717, 1.165) is 16.6 Å². The molecule has 3 aromatic rings. The highest BCUT2D eigenvalue weighted by atomic mass is 16.5. The standard InChI is InChI=1S/C12H10N4O2/c1-8(17)18-7-10-9-6-14-12-3-5-15-16(12)11(9)2-4-13-10/h2-6H,7H2,1H3. The number of esters is 1. The molecule has 0 unspecified atom stereocenters. The van der Waals surface area contributed by atoms with Crippen molar-refractivity contribution in [1.29, 1.82) is 0 Å². The van der Waals surface area contributed by atoms with E-state index in [2.05, 4.69) is 15.1 Å². The molecule has 0 aliphatic rings. The number of carbonyl (C=O) groups is 1. The number of fused-ring (bicyclic) bond motifs is 3. The summed E-state index contributed by atoms with van der Waals surface area (Å²) in [6.07, 6.45) is 5.08. The van der Waals surface area contributed by atoms with Gasteiger partial charge in [-0.15, -0.1) is 0 Å². The number of nitrogens with zero attached hydrogens (tertiary/aromatic N) is 4. The van der Waals surface area contributed by atoms with Crippen LogP contribution in [0.2, 0.25) is 0 Å². The zero-order chi connectivity index (χ0) is 12.5. The zero-order valence-electron chi connectivity index (χ0n) is 9.70.